The van der Waals surface area contributed by atoms with Gasteiger partial charge in [0, 0.05) is 32.3 Å². The van der Waals surface area contributed by atoms with Gasteiger partial charge in [0.05, 0.1) is 6.10 Å². The molecule has 0 radical (unpaired) electrons. The van der Waals surface area contributed by atoms with Crippen molar-refractivity contribution >= 4 is 5.97 Å². The van der Waals surface area contributed by atoms with Crippen LogP contribution in [0.5, 0.6) is 0 Å². The maximum absolute atomic E-state index is 10.4. The Morgan fingerprint density at radius 1 is 1.24 bits per heavy atom. The number of nitrogens with zero attached hydrogens (tertiary/aromatic N) is 1. The number of aliphatic carboxylic acids is 1. The second-order valence-electron chi connectivity index (χ2n) is 4.78. The molecule has 0 aromatic heterocycles. The summed E-state index contributed by atoms with van der Waals surface area (Å²) in [6, 6.07) is 0.657. The molecule has 2 aliphatic heterocycles. The molecular weight excluding hydrogens is 222 g/mol. The molecule has 17 heavy (non-hydrogen) atoms. The number of hydrogen-bond acceptors (Lipinski definition) is 4. The van der Waals surface area contributed by atoms with Gasteiger partial charge in [0.1, 0.15) is 6.61 Å². The first-order valence-corrected chi connectivity index (χ1v) is 6.41. The van der Waals surface area contributed by atoms with Crippen LogP contribution in [0.1, 0.15) is 25.7 Å². The average molecular weight is 243 g/mol. The zero-order valence-electron chi connectivity index (χ0n) is 10.1. The Labute approximate surface area is 102 Å². The van der Waals surface area contributed by atoms with E-state index in [9.17, 15) is 4.79 Å². The van der Waals surface area contributed by atoms with E-state index in [0.29, 0.717) is 6.04 Å². The molecule has 5 heteroatoms. The maximum Gasteiger partial charge on any atom is 0.329 e. The topological polar surface area (TPSA) is 59.0 Å². The lowest BCUT2D eigenvalue weighted by Gasteiger charge is -2.38. The van der Waals surface area contributed by atoms with Crippen LogP contribution in [-0.2, 0) is 14.3 Å². The number of carboxylic acids is 1. The molecule has 2 rings (SSSR count). The molecule has 0 atom stereocenters. The van der Waals surface area contributed by atoms with Gasteiger partial charge >= 0.3 is 5.97 Å². The highest BCUT2D eigenvalue weighted by Gasteiger charge is 2.26. The van der Waals surface area contributed by atoms with E-state index < -0.39 is 5.97 Å². The van der Waals surface area contributed by atoms with Crippen molar-refractivity contribution < 1.29 is 19.4 Å². The van der Waals surface area contributed by atoms with E-state index in [2.05, 4.69) is 4.90 Å². The number of piperidine rings is 1. The first kappa shape index (κ1) is 12.8. The van der Waals surface area contributed by atoms with E-state index in [-0.39, 0.29) is 12.7 Å². The summed E-state index contributed by atoms with van der Waals surface area (Å²) in [5.41, 5.74) is 0. The molecule has 2 fully saturated rings. The van der Waals surface area contributed by atoms with E-state index in [1.807, 2.05) is 0 Å². The third kappa shape index (κ3) is 3.94. The summed E-state index contributed by atoms with van der Waals surface area (Å²) in [4.78, 5) is 12.9. The lowest BCUT2D eigenvalue weighted by atomic mass is 10.0. The summed E-state index contributed by atoms with van der Waals surface area (Å²) < 4.78 is 10.7. The van der Waals surface area contributed by atoms with E-state index in [0.717, 1.165) is 52.0 Å². The molecule has 0 saturated carbocycles. The predicted molar refractivity (Wildman–Crippen MR) is 62.0 cm³/mol. The summed E-state index contributed by atoms with van der Waals surface area (Å²) in [5, 5.41) is 8.55. The number of carboxylic acid groups (broad SMARTS) is 1. The Kier molecular flexibility index (Phi) is 4.76. The predicted octanol–water partition coefficient (Wildman–Crippen LogP) is 0.731. The highest BCUT2D eigenvalue weighted by Crippen LogP contribution is 2.21. The van der Waals surface area contributed by atoms with Crippen LogP contribution in [0.3, 0.4) is 0 Å². The van der Waals surface area contributed by atoms with Crippen LogP contribution < -0.4 is 0 Å². The molecule has 2 heterocycles. The van der Waals surface area contributed by atoms with Crippen molar-refractivity contribution in [2.75, 3.05) is 32.9 Å². The molecule has 1 N–H and O–H groups in total. The summed E-state index contributed by atoms with van der Waals surface area (Å²) in [6.45, 7) is 3.63. The van der Waals surface area contributed by atoms with Crippen LogP contribution in [0, 0.1) is 0 Å². The Bertz CT molecular complexity index is 245. The normalized spacial score (nSPS) is 24.9. The standard InChI is InChI=1S/C12H21NO4/c14-12(15)9-17-11-1-5-13(6-2-11)10-3-7-16-8-4-10/h10-11H,1-9H2,(H,14,15). The molecule has 0 spiro atoms. The van der Waals surface area contributed by atoms with Gasteiger partial charge in [-0.3, -0.25) is 0 Å². The van der Waals surface area contributed by atoms with Crippen molar-refractivity contribution in [2.24, 2.45) is 0 Å². The number of hydrogen-bond donors (Lipinski definition) is 1. The zero-order valence-corrected chi connectivity index (χ0v) is 10.1. The van der Waals surface area contributed by atoms with Crippen molar-refractivity contribution in [1.29, 1.82) is 0 Å². The van der Waals surface area contributed by atoms with Crippen molar-refractivity contribution in [1.82, 2.24) is 4.90 Å². The lowest BCUT2D eigenvalue weighted by Crippen LogP contribution is -2.45. The minimum atomic E-state index is -0.878. The summed E-state index contributed by atoms with van der Waals surface area (Å²) >= 11 is 0. The van der Waals surface area contributed by atoms with E-state index in [4.69, 9.17) is 14.6 Å². The number of carbonyl (C=O) groups is 1. The number of ether oxygens (including phenoxy) is 2. The van der Waals surface area contributed by atoms with E-state index in [1.54, 1.807) is 0 Å². The fourth-order valence-corrected chi connectivity index (χ4v) is 2.65. The second kappa shape index (κ2) is 6.33. The second-order valence-corrected chi connectivity index (χ2v) is 4.78. The van der Waals surface area contributed by atoms with Crippen LogP contribution in [-0.4, -0.2) is 61.0 Å². The summed E-state index contributed by atoms with van der Waals surface area (Å²) in [5.74, 6) is -0.878. The van der Waals surface area contributed by atoms with Crippen LogP contribution >= 0.6 is 0 Å². The van der Waals surface area contributed by atoms with Gasteiger partial charge in [-0.1, -0.05) is 0 Å². The third-order valence-corrected chi connectivity index (χ3v) is 3.63. The fourth-order valence-electron chi connectivity index (χ4n) is 2.65. The molecule has 0 unspecified atom stereocenters. The smallest absolute Gasteiger partial charge is 0.329 e. The van der Waals surface area contributed by atoms with Crippen LogP contribution in [0.2, 0.25) is 0 Å². The average Bonchev–Trinajstić information content (AvgIpc) is 2.38. The number of rotatable bonds is 4. The molecule has 0 aliphatic carbocycles. The lowest BCUT2D eigenvalue weighted by molar-refractivity contribution is -0.145. The SMILES string of the molecule is O=C(O)COC1CCN(C2CCOCC2)CC1. The summed E-state index contributed by atoms with van der Waals surface area (Å²) in [6.07, 6.45) is 4.28. The Balaban J connectivity index is 1.68. The first-order valence-electron chi connectivity index (χ1n) is 6.41. The van der Waals surface area contributed by atoms with Gasteiger partial charge in [0.25, 0.3) is 0 Å². The Morgan fingerprint density at radius 3 is 2.47 bits per heavy atom. The van der Waals surface area contributed by atoms with Gasteiger partial charge in [0.15, 0.2) is 0 Å². The minimum absolute atomic E-state index is 0.127. The highest BCUT2D eigenvalue weighted by molar-refractivity contribution is 5.68. The third-order valence-electron chi connectivity index (χ3n) is 3.63. The summed E-state index contributed by atoms with van der Waals surface area (Å²) in [7, 11) is 0. The van der Waals surface area contributed by atoms with Crippen molar-refractivity contribution in [3.63, 3.8) is 0 Å². The number of likely N-dealkylation sites (tertiary alicyclic amines) is 1. The quantitative estimate of drug-likeness (QED) is 0.789. The van der Waals surface area contributed by atoms with Crippen LogP contribution in [0.25, 0.3) is 0 Å². The van der Waals surface area contributed by atoms with Gasteiger partial charge in [-0.15, -0.1) is 0 Å². The Morgan fingerprint density at radius 2 is 1.88 bits per heavy atom. The van der Waals surface area contributed by atoms with Gasteiger partial charge in [-0.25, -0.2) is 4.79 Å². The molecule has 0 bridgehead atoms. The van der Waals surface area contributed by atoms with E-state index >= 15 is 0 Å². The van der Waals surface area contributed by atoms with Crippen LogP contribution in [0.15, 0.2) is 0 Å². The zero-order chi connectivity index (χ0) is 12.1. The molecule has 0 amide bonds. The fraction of sp³-hybridized carbons (Fsp3) is 0.917. The molecule has 0 aromatic carbocycles. The highest BCUT2D eigenvalue weighted by atomic mass is 16.5. The molecular formula is C12H21NO4. The molecule has 2 aliphatic rings. The van der Waals surface area contributed by atoms with Crippen LogP contribution in [0.4, 0.5) is 0 Å². The van der Waals surface area contributed by atoms with Crippen molar-refractivity contribution in [3.05, 3.63) is 0 Å². The van der Waals surface area contributed by atoms with Crippen molar-refractivity contribution in [3.8, 4) is 0 Å². The Hall–Kier alpha value is -0.650. The minimum Gasteiger partial charge on any atom is -0.480 e. The van der Waals surface area contributed by atoms with Gasteiger partial charge in [-0.05, 0) is 25.7 Å². The van der Waals surface area contributed by atoms with Crippen molar-refractivity contribution in [2.45, 2.75) is 37.8 Å². The van der Waals surface area contributed by atoms with Gasteiger partial charge in [-0.2, -0.15) is 0 Å². The van der Waals surface area contributed by atoms with Gasteiger partial charge < -0.3 is 19.5 Å². The maximum atomic E-state index is 10.4. The monoisotopic (exact) mass is 243 g/mol. The van der Waals surface area contributed by atoms with Gasteiger partial charge in [0.2, 0.25) is 0 Å². The first-order chi connectivity index (χ1) is 8.25. The van der Waals surface area contributed by atoms with E-state index in [1.165, 1.54) is 0 Å². The largest absolute Gasteiger partial charge is 0.480 e. The molecule has 2 saturated heterocycles. The molecule has 5 nitrogen and oxygen atoms in total. The molecule has 0 aromatic rings. The molecule has 98 valence electrons.